The maximum absolute atomic E-state index is 14.2. The largest absolute Gasteiger partial charge is 0.508 e. The van der Waals surface area contributed by atoms with Crippen molar-refractivity contribution in [3.05, 3.63) is 102 Å². The molecule has 0 aromatic heterocycles. The summed E-state index contributed by atoms with van der Waals surface area (Å²) in [6, 6.07) is 19.5. The molecule has 12 heteroatoms. The number of carbonyl (C=O) groups is 5. The van der Waals surface area contributed by atoms with Crippen molar-refractivity contribution in [2.45, 2.75) is 76.7 Å². The highest BCUT2D eigenvalue weighted by Gasteiger charge is 2.37. The van der Waals surface area contributed by atoms with Gasteiger partial charge in [0.15, 0.2) is 0 Å². The summed E-state index contributed by atoms with van der Waals surface area (Å²) >= 11 is 0. The Bertz CT molecular complexity index is 1580. The van der Waals surface area contributed by atoms with Crippen LogP contribution in [0.4, 0.5) is 4.79 Å². The Balaban J connectivity index is 1.86. The molecular weight excluding hydrogens is 628 g/mol. The van der Waals surface area contributed by atoms with Gasteiger partial charge in [0.2, 0.25) is 17.7 Å². The van der Waals surface area contributed by atoms with E-state index in [0.29, 0.717) is 5.56 Å². The Hall–Kier alpha value is -5.39. The lowest BCUT2D eigenvalue weighted by Crippen LogP contribution is -2.59. The van der Waals surface area contributed by atoms with Gasteiger partial charge in [-0.25, -0.2) is 9.59 Å². The number of phenolic OH excluding ortho intramolecular Hbond substituents is 1. The van der Waals surface area contributed by atoms with Crippen molar-refractivity contribution in [2.75, 3.05) is 14.1 Å². The number of alkyl carbamates (subject to hydrolysis) is 1. The molecule has 3 rings (SSSR count). The molecule has 0 radical (unpaired) electrons. The molecule has 3 aromatic rings. The molecule has 4 N–H and O–H groups in total. The molecule has 0 saturated heterocycles. The number of carbonyl (C=O) groups excluding carboxylic acids is 4. The molecule has 0 saturated carbocycles. The Morgan fingerprint density at radius 2 is 1.18 bits per heavy atom. The van der Waals surface area contributed by atoms with Crippen molar-refractivity contribution in [2.24, 2.45) is 0 Å². The number of rotatable bonds is 14. The van der Waals surface area contributed by atoms with Crippen LogP contribution < -0.4 is 10.6 Å². The number of phenols is 1. The zero-order chi connectivity index (χ0) is 36.3. The van der Waals surface area contributed by atoms with E-state index in [2.05, 4.69) is 10.6 Å². The molecule has 0 fully saturated rings. The van der Waals surface area contributed by atoms with Crippen LogP contribution in [0.3, 0.4) is 0 Å². The molecule has 4 amide bonds. The number of aromatic hydroxyl groups is 1. The molecule has 0 aliphatic carbocycles. The Morgan fingerprint density at radius 3 is 1.69 bits per heavy atom. The standard InChI is InChI=1S/C37H46N4O8/c1-24(32(43)38-30(35(46)47)22-27-17-19-28(42)20-18-27)40(5)34(45)31(23-26-15-11-8-12-16-26)41(6)33(44)29(21-25-13-9-7-10-14-25)39-36(48)49-37(2,3)4/h7-20,24,29-31,42H,21-23H2,1-6H3,(H,38,43)(H,39,48)(H,46,47)/t24-,29-,30-,31-/m0/s1. The Morgan fingerprint density at radius 1 is 0.694 bits per heavy atom. The first-order chi connectivity index (χ1) is 23.1. The number of carboxylic acids is 1. The van der Waals surface area contributed by atoms with Crippen LogP contribution in [-0.4, -0.2) is 93.7 Å². The summed E-state index contributed by atoms with van der Waals surface area (Å²) in [4.78, 5) is 69.0. The number of nitrogens with zero attached hydrogens (tertiary/aromatic N) is 2. The van der Waals surface area contributed by atoms with Crippen LogP contribution in [0.5, 0.6) is 5.75 Å². The first kappa shape index (κ1) is 38.1. The van der Waals surface area contributed by atoms with E-state index in [-0.39, 0.29) is 25.0 Å². The van der Waals surface area contributed by atoms with Gasteiger partial charge in [-0.1, -0.05) is 72.8 Å². The highest BCUT2D eigenvalue weighted by molar-refractivity contribution is 5.94. The molecule has 12 nitrogen and oxygen atoms in total. The highest BCUT2D eigenvalue weighted by atomic mass is 16.6. The van der Waals surface area contributed by atoms with Gasteiger partial charge in [0, 0.05) is 33.4 Å². The molecule has 262 valence electrons. The Kier molecular flexibility index (Phi) is 13.3. The van der Waals surface area contributed by atoms with Crippen LogP contribution >= 0.6 is 0 Å². The number of hydrogen-bond donors (Lipinski definition) is 4. The number of ether oxygens (including phenoxy) is 1. The van der Waals surface area contributed by atoms with E-state index in [1.807, 2.05) is 48.5 Å². The maximum atomic E-state index is 14.2. The molecule has 0 spiro atoms. The molecule has 4 atom stereocenters. The minimum absolute atomic E-state index is 0.0222. The summed E-state index contributed by atoms with van der Waals surface area (Å²) in [5.41, 5.74) is 1.30. The molecule has 0 unspecified atom stereocenters. The monoisotopic (exact) mass is 674 g/mol. The summed E-state index contributed by atoms with van der Waals surface area (Å²) in [6.07, 6.45) is -0.609. The molecule has 0 aliphatic rings. The first-order valence-electron chi connectivity index (χ1n) is 16.0. The SMILES string of the molecule is C[C@@H](C(=O)N[C@@H](Cc1ccc(O)cc1)C(=O)O)N(C)C(=O)[C@H](Cc1ccccc1)N(C)C(=O)[C@H](Cc1ccccc1)NC(=O)OC(C)(C)C. The fourth-order valence-electron chi connectivity index (χ4n) is 5.09. The van der Waals surface area contributed by atoms with Gasteiger partial charge in [0.25, 0.3) is 0 Å². The zero-order valence-corrected chi connectivity index (χ0v) is 28.8. The lowest BCUT2D eigenvalue weighted by atomic mass is 10.00. The first-order valence-corrected chi connectivity index (χ1v) is 16.0. The lowest BCUT2D eigenvalue weighted by Gasteiger charge is -2.35. The zero-order valence-electron chi connectivity index (χ0n) is 28.8. The Labute approximate surface area is 287 Å². The van der Waals surface area contributed by atoms with E-state index in [1.165, 1.54) is 43.0 Å². The van der Waals surface area contributed by atoms with E-state index < -0.39 is 59.6 Å². The van der Waals surface area contributed by atoms with Crippen LogP contribution in [-0.2, 0) is 43.2 Å². The molecular formula is C37H46N4O8. The van der Waals surface area contributed by atoms with Crippen molar-refractivity contribution >= 4 is 29.8 Å². The number of likely N-dealkylation sites (N-methyl/N-ethyl adjacent to an activating group) is 2. The third-order valence-corrected chi connectivity index (χ3v) is 7.94. The van der Waals surface area contributed by atoms with Crippen LogP contribution in [0.25, 0.3) is 0 Å². The fraction of sp³-hybridized carbons (Fsp3) is 0.378. The normalized spacial score (nSPS) is 13.6. The number of nitrogens with one attached hydrogen (secondary N) is 2. The summed E-state index contributed by atoms with van der Waals surface area (Å²) in [5, 5.41) is 24.5. The van der Waals surface area contributed by atoms with Crippen molar-refractivity contribution in [3.8, 4) is 5.75 Å². The third-order valence-electron chi connectivity index (χ3n) is 7.94. The predicted octanol–water partition coefficient (Wildman–Crippen LogP) is 3.56. The van der Waals surface area contributed by atoms with Gasteiger partial charge in [-0.3, -0.25) is 14.4 Å². The topological polar surface area (TPSA) is 166 Å². The smallest absolute Gasteiger partial charge is 0.408 e. The maximum Gasteiger partial charge on any atom is 0.408 e. The molecule has 0 bridgehead atoms. The van der Waals surface area contributed by atoms with Gasteiger partial charge in [0.05, 0.1) is 0 Å². The molecule has 0 heterocycles. The number of benzene rings is 3. The molecule has 49 heavy (non-hydrogen) atoms. The minimum Gasteiger partial charge on any atom is -0.508 e. The van der Waals surface area contributed by atoms with Gasteiger partial charge >= 0.3 is 12.1 Å². The van der Waals surface area contributed by atoms with Crippen LogP contribution in [0.2, 0.25) is 0 Å². The van der Waals surface area contributed by atoms with E-state index in [1.54, 1.807) is 45.0 Å². The van der Waals surface area contributed by atoms with Gasteiger partial charge < -0.3 is 35.4 Å². The highest BCUT2D eigenvalue weighted by Crippen LogP contribution is 2.17. The summed E-state index contributed by atoms with van der Waals surface area (Å²) in [7, 11) is 2.89. The summed E-state index contributed by atoms with van der Waals surface area (Å²) < 4.78 is 5.43. The number of hydrogen-bond acceptors (Lipinski definition) is 7. The summed E-state index contributed by atoms with van der Waals surface area (Å²) in [5.74, 6) is -3.06. The fourth-order valence-corrected chi connectivity index (χ4v) is 5.09. The second kappa shape index (κ2) is 17.1. The van der Waals surface area contributed by atoms with E-state index in [4.69, 9.17) is 4.74 Å². The van der Waals surface area contributed by atoms with Crippen LogP contribution in [0, 0.1) is 0 Å². The average molecular weight is 675 g/mol. The van der Waals surface area contributed by atoms with E-state index in [0.717, 1.165) is 11.1 Å². The number of aliphatic carboxylic acids is 1. The third kappa shape index (κ3) is 11.7. The van der Waals surface area contributed by atoms with E-state index >= 15 is 0 Å². The van der Waals surface area contributed by atoms with Gasteiger partial charge in [-0.15, -0.1) is 0 Å². The molecule has 0 aliphatic heterocycles. The van der Waals surface area contributed by atoms with Crippen molar-refractivity contribution in [1.29, 1.82) is 0 Å². The van der Waals surface area contributed by atoms with Crippen LogP contribution in [0.15, 0.2) is 84.9 Å². The average Bonchev–Trinajstić information content (AvgIpc) is 3.05. The van der Waals surface area contributed by atoms with E-state index in [9.17, 15) is 34.2 Å². The van der Waals surface area contributed by atoms with Crippen molar-refractivity contribution in [3.63, 3.8) is 0 Å². The van der Waals surface area contributed by atoms with Crippen molar-refractivity contribution < 1.29 is 38.9 Å². The second-order valence-corrected chi connectivity index (χ2v) is 12.9. The van der Waals surface area contributed by atoms with Gasteiger partial charge in [-0.2, -0.15) is 0 Å². The predicted molar refractivity (Wildman–Crippen MR) is 184 cm³/mol. The summed E-state index contributed by atoms with van der Waals surface area (Å²) in [6.45, 7) is 6.60. The second-order valence-electron chi connectivity index (χ2n) is 12.9. The lowest BCUT2D eigenvalue weighted by molar-refractivity contribution is -0.148. The number of carboxylic acid groups (broad SMARTS) is 1. The van der Waals surface area contributed by atoms with Crippen LogP contribution in [0.1, 0.15) is 44.4 Å². The minimum atomic E-state index is -1.30. The molecule has 3 aromatic carbocycles. The quantitative estimate of drug-likeness (QED) is 0.202. The number of amides is 4. The van der Waals surface area contributed by atoms with Gasteiger partial charge in [-0.05, 0) is 56.5 Å². The van der Waals surface area contributed by atoms with Gasteiger partial charge in [0.1, 0.15) is 35.5 Å². The van der Waals surface area contributed by atoms with Crippen molar-refractivity contribution in [1.82, 2.24) is 20.4 Å².